The molecule has 0 saturated heterocycles. The lowest BCUT2D eigenvalue weighted by Gasteiger charge is -2.28. The molecule has 2 aromatic carbocycles. The lowest BCUT2D eigenvalue weighted by atomic mass is 9.93. The number of hydrogen-bond donors (Lipinski definition) is 1. The van der Waals surface area contributed by atoms with Crippen LogP contribution >= 0.6 is 11.8 Å². The number of allylic oxidation sites excluding steroid dienone is 2. The van der Waals surface area contributed by atoms with Gasteiger partial charge in [0.2, 0.25) is 11.1 Å². The van der Waals surface area contributed by atoms with Crippen LogP contribution in [0.1, 0.15) is 50.8 Å². The average molecular weight is 449 g/mol. The molecule has 6 nitrogen and oxygen atoms in total. The second kappa shape index (κ2) is 10.0. The predicted molar refractivity (Wildman–Crippen MR) is 128 cm³/mol. The molecule has 1 unspecified atom stereocenters. The minimum atomic E-state index is -0.327. The van der Waals surface area contributed by atoms with E-state index in [-0.39, 0.29) is 11.8 Å². The van der Waals surface area contributed by atoms with Gasteiger partial charge in [-0.05, 0) is 43.5 Å². The van der Waals surface area contributed by atoms with E-state index in [9.17, 15) is 4.79 Å². The molecule has 0 fully saturated rings. The van der Waals surface area contributed by atoms with Gasteiger partial charge in [-0.15, -0.1) is 5.10 Å². The van der Waals surface area contributed by atoms with E-state index in [1.807, 2.05) is 54.1 Å². The first-order chi connectivity index (χ1) is 15.6. The van der Waals surface area contributed by atoms with Crippen LogP contribution in [0.25, 0.3) is 0 Å². The molecule has 0 spiro atoms. The maximum atomic E-state index is 12.6. The van der Waals surface area contributed by atoms with Crippen molar-refractivity contribution >= 4 is 23.5 Å². The molecule has 0 aliphatic carbocycles. The van der Waals surface area contributed by atoms with Gasteiger partial charge in [0.25, 0.3) is 0 Å². The summed E-state index contributed by atoms with van der Waals surface area (Å²) in [7, 11) is 0. The van der Waals surface area contributed by atoms with Gasteiger partial charge in [0, 0.05) is 17.0 Å². The molecule has 0 saturated carbocycles. The molecule has 0 radical (unpaired) electrons. The number of unbranched alkanes of at least 4 members (excludes halogenated alkanes) is 1. The van der Waals surface area contributed by atoms with Crippen molar-refractivity contribution in [3.8, 4) is 5.75 Å². The van der Waals surface area contributed by atoms with Crippen molar-refractivity contribution in [1.29, 1.82) is 0 Å². The number of thioether (sulfide) groups is 1. The van der Waals surface area contributed by atoms with E-state index < -0.39 is 0 Å². The Morgan fingerprint density at radius 1 is 1.16 bits per heavy atom. The minimum Gasteiger partial charge on any atom is -0.494 e. The van der Waals surface area contributed by atoms with Gasteiger partial charge in [0.1, 0.15) is 11.8 Å². The zero-order chi connectivity index (χ0) is 22.5. The summed E-state index contributed by atoms with van der Waals surface area (Å²) in [4.78, 5) is 17.3. The van der Waals surface area contributed by atoms with Crippen molar-refractivity contribution in [3.63, 3.8) is 0 Å². The molecule has 1 aliphatic rings. The van der Waals surface area contributed by atoms with Crippen LogP contribution in [0.3, 0.4) is 0 Å². The highest BCUT2D eigenvalue weighted by Crippen LogP contribution is 2.37. The first-order valence-electron chi connectivity index (χ1n) is 10.9. The molecule has 7 heteroatoms. The van der Waals surface area contributed by atoms with Gasteiger partial charge >= 0.3 is 0 Å². The minimum absolute atomic E-state index is 0.0166. The zero-order valence-electron chi connectivity index (χ0n) is 18.7. The molecule has 0 amide bonds. The maximum Gasteiger partial charge on any atom is 0.227 e. The van der Waals surface area contributed by atoms with Crippen molar-refractivity contribution in [2.45, 2.75) is 50.6 Å². The summed E-state index contributed by atoms with van der Waals surface area (Å²) in [6.07, 6.45) is 2.12. The summed E-state index contributed by atoms with van der Waals surface area (Å²) in [5.74, 6) is 2.28. The molecule has 1 atom stereocenters. The molecule has 1 aliphatic heterocycles. The van der Waals surface area contributed by atoms with Gasteiger partial charge in [0.15, 0.2) is 5.78 Å². The van der Waals surface area contributed by atoms with Crippen molar-refractivity contribution in [3.05, 3.63) is 77.0 Å². The number of nitrogens with one attached hydrogen (secondary N) is 1. The van der Waals surface area contributed by atoms with Crippen LogP contribution in [-0.4, -0.2) is 27.2 Å². The smallest absolute Gasteiger partial charge is 0.227 e. The monoisotopic (exact) mass is 448 g/mol. The molecule has 166 valence electrons. The fourth-order valence-electron chi connectivity index (χ4n) is 3.76. The Morgan fingerprint density at radius 3 is 2.59 bits per heavy atom. The van der Waals surface area contributed by atoms with Crippen LogP contribution in [0.2, 0.25) is 0 Å². The summed E-state index contributed by atoms with van der Waals surface area (Å²) >= 11 is 1.58. The normalized spacial score (nSPS) is 15.3. The van der Waals surface area contributed by atoms with Crippen molar-refractivity contribution in [2.24, 2.45) is 0 Å². The molecule has 1 N–H and O–H groups in total. The Kier molecular flexibility index (Phi) is 6.95. The van der Waals surface area contributed by atoms with E-state index in [0.717, 1.165) is 35.6 Å². The predicted octanol–water partition coefficient (Wildman–Crippen LogP) is 5.63. The summed E-state index contributed by atoms with van der Waals surface area (Å²) < 4.78 is 7.63. The Morgan fingerprint density at radius 2 is 1.91 bits per heavy atom. The third-order valence-electron chi connectivity index (χ3n) is 5.39. The summed E-state index contributed by atoms with van der Waals surface area (Å²) in [5.41, 5.74) is 3.70. The van der Waals surface area contributed by atoms with E-state index in [1.165, 1.54) is 5.56 Å². The topological polar surface area (TPSA) is 69.0 Å². The van der Waals surface area contributed by atoms with Crippen molar-refractivity contribution in [2.75, 3.05) is 11.9 Å². The first-order valence-corrected chi connectivity index (χ1v) is 11.9. The lowest BCUT2D eigenvalue weighted by molar-refractivity contribution is -0.114. The highest BCUT2D eigenvalue weighted by Gasteiger charge is 2.32. The third kappa shape index (κ3) is 4.88. The number of carbonyl (C=O) groups is 1. The van der Waals surface area contributed by atoms with Crippen LogP contribution < -0.4 is 10.1 Å². The van der Waals surface area contributed by atoms with E-state index in [1.54, 1.807) is 18.7 Å². The number of hydrogen-bond acceptors (Lipinski definition) is 6. The van der Waals surface area contributed by atoms with Gasteiger partial charge in [-0.2, -0.15) is 4.98 Å². The molecule has 4 rings (SSSR count). The number of ketones is 1. The highest BCUT2D eigenvalue weighted by molar-refractivity contribution is 7.98. The molecular formula is C25H28N4O2S. The average Bonchev–Trinajstić information content (AvgIpc) is 3.20. The number of aromatic nitrogens is 3. The number of fused-ring (bicyclic) bond motifs is 1. The van der Waals surface area contributed by atoms with E-state index in [2.05, 4.69) is 29.4 Å². The largest absolute Gasteiger partial charge is 0.494 e. The maximum absolute atomic E-state index is 12.6. The van der Waals surface area contributed by atoms with Crippen molar-refractivity contribution in [1.82, 2.24) is 14.8 Å². The van der Waals surface area contributed by atoms with Gasteiger partial charge in [0.05, 0.1) is 6.61 Å². The Balaban J connectivity index is 1.61. The second-order valence-corrected chi connectivity index (χ2v) is 8.77. The van der Waals surface area contributed by atoms with Crippen LogP contribution in [-0.2, 0) is 10.5 Å². The zero-order valence-corrected chi connectivity index (χ0v) is 19.5. The van der Waals surface area contributed by atoms with Crippen LogP contribution in [0, 0.1) is 0 Å². The Labute approximate surface area is 193 Å². The molecule has 1 aromatic heterocycles. The van der Waals surface area contributed by atoms with Gasteiger partial charge in [-0.1, -0.05) is 67.6 Å². The quantitative estimate of drug-likeness (QED) is 0.338. The lowest BCUT2D eigenvalue weighted by Crippen LogP contribution is -2.27. The number of Topliss-reactive ketones (excluding diaryl/α,β-unsaturated/α-hetero) is 1. The first kappa shape index (κ1) is 22.1. The van der Waals surface area contributed by atoms with E-state index >= 15 is 0 Å². The number of anilines is 1. The highest BCUT2D eigenvalue weighted by atomic mass is 32.2. The molecule has 0 bridgehead atoms. The van der Waals surface area contributed by atoms with E-state index in [0.29, 0.717) is 23.3 Å². The fraction of sp³-hybridized carbons (Fsp3) is 0.320. The molecule has 32 heavy (non-hydrogen) atoms. The third-order valence-corrected chi connectivity index (χ3v) is 6.29. The number of rotatable bonds is 9. The van der Waals surface area contributed by atoms with E-state index in [4.69, 9.17) is 9.84 Å². The van der Waals surface area contributed by atoms with Crippen LogP contribution in [0.15, 0.2) is 71.0 Å². The standard InChI is InChI=1S/C25H28N4O2S/c1-4-5-15-31-21-13-11-20(12-14-21)23-22(18(3)30)17(2)26-24-27-25(28-29(23)24)32-16-19-9-7-6-8-10-19/h6-14,23H,4-5,15-16H2,1-3H3,(H,26,27,28). The van der Waals surface area contributed by atoms with Crippen LogP contribution in [0.4, 0.5) is 5.95 Å². The molecular weight excluding hydrogens is 420 g/mol. The van der Waals surface area contributed by atoms with Crippen molar-refractivity contribution < 1.29 is 9.53 Å². The number of benzene rings is 2. The Hall–Kier alpha value is -3.06. The summed E-state index contributed by atoms with van der Waals surface area (Å²) in [6.45, 7) is 6.36. The van der Waals surface area contributed by atoms with Gasteiger partial charge in [-0.25, -0.2) is 4.68 Å². The summed E-state index contributed by atoms with van der Waals surface area (Å²) in [6, 6.07) is 17.9. The van der Waals surface area contributed by atoms with Crippen LogP contribution in [0.5, 0.6) is 5.75 Å². The Bertz CT molecular complexity index is 1110. The fourth-order valence-corrected chi connectivity index (χ4v) is 4.54. The second-order valence-electron chi connectivity index (χ2n) is 7.83. The van der Waals surface area contributed by atoms with Gasteiger partial charge < -0.3 is 10.1 Å². The number of nitrogens with zero attached hydrogens (tertiary/aromatic N) is 3. The summed E-state index contributed by atoms with van der Waals surface area (Å²) in [5, 5.41) is 8.71. The molecule has 2 heterocycles. The number of carbonyl (C=O) groups excluding carboxylic acids is 1. The van der Waals surface area contributed by atoms with Gasteiger partial charge in [-0.3, -0.25) is 4.79 Å². The SMILES string of the molecule is CCCCOc1ccc(C2C(C(C)=O)=C(C)Nc3nc(SCc4ccccc4)nn32)cc1. The number of ether oxygens (including phenoxy) is 1. The molecule has 3 aromatic rings.